The first-order chi connectivity index (χ1) is 14.0. The van der Waals surface area contributed by atoms with Crippen molar-refractivity contribution < 1.29 is 36.9 Å². The number of nitrogens with zero attached hydrogens (tertiary/aromatic N) is 1. The minimum absolute atomic E-state index is 0.0790. The summed E-state index contributed by atoms with van der Waals surface area (Å²) in [7, 11) is -2.48. The van der Waals surface area contributed by atoms with Crippen LogP contribution in [-0.4, -0.2) is 58.9 Å². The third kappa shape index (κ3) is 3.86. The van der Waals surface area contributed by atoms with Crippen molar-refractivity contribution in [2.75, 3.05) is 40.2 Å². The third-order valence-electron chi connectivity index (χ3n) is 4.54. The van der Waals surface area contributed by atoms with Gasteiger partial charge in [0.25, 0.3) is 0 Å². The van der Waals surface area contributed by atoms with Crippen LogP contribution in [0.2, 0.25) is 0 Å². The zero-order valence-electron chi connectivity index (χ0n) is 15.6. The fraction of sp³-hybridized carbons (Fsp3) is 0.316. The molecule has 0 bridgehead atoms. The largest absolute Gasteiger partial charge is 0.495 e. The normalized spacial score (nSPS) is 16.4. The fourth-order valence-corrected chi connectivity index (χ4v) is 4.63. The second kappa shape index (κ2) is 7.90. The molecule has 0 N–H and O–H groups in total. The second-order valence-electron chi connectivity index (χ2n) is 6.29. The summed E-state index contributed by atoms with van der Waals surface area (Å²) in [5.41, 5.74) is 0.0790. The van der Waals surface area contributed by atoms with E-state index in [1.807, 2.05) is 0 Å². The summed E-state index contributed by atoms with van der Waals surface area (Å²) < 4.78 is 53.7. The van der Waals surface area contributed by atoms with Crippen LogP contribution in [0.25, 0.3) is 0 Å². The molecule has 1 saturated heterocycles. The van der Waals surface area contributed by atoms with Gasteiger partial charge in [-0.3, -0.25) is 0 Å². The molecule has 2 aromatic rings. The predicted octanol–water partition coefficient (Wildman–Crippen LogP) is 1.66. The summed E-state index contributed by atoms with van der Waals surface area (Å²) in [4.78, 5) is 12.5. The first-order valence-corrected chi connectivity index (χ1v) is 10.3. The Bertz CT molecular complexity index is 1030. The zero-order valence-corrected chi connectivity index (χ0v) is 16.4. The number of fused-ring (bicyclic) bond motifs is 1. The predicted molar refractivity (Wildman–Crippen MR) is 100 cm³/mol. The van der Waals surface area contributed by atoms with Crippen LogP contribution in [0.1, 0.15) is 10.4 Å². The van der Waals surface area contributed by atoms with Gasteiger partial charge in [-0.2, -0.15) is 4.31 Å². The Hall–Kier alpha value is -2.82. The maximum absolute atomic E-state index is 13.0. The van der Waals surface area contributed by atoms with Gasteiger partial charge in [-0.25, -0.2) is 13.2 Å². The van der Waals surface area contributed by atoms with Crippen LogP contribution in [0.3, 0.4) is 0 Å². The number of benzene rings is 2. The van der Waals surface area contributed by atoms with Gasteiger partial charge in [0.2, 0.25) is 16.8 Å². The fourth-order valence-electron chi connectivity index (χ4n) is 3.04. The van der Waals surface area contributed by atoms with Crippen molar-refractivity contribution in [3.63, 3.8) is 0 Å². The molecule has 0 unspecified atom stereocenters. The van der Waals surface area contributed by atoms with Crippen molar-refractivity contribution in [2.45, 2.75) is 4.90 Å². The minimum atomic E-state index is -3.86. The molecule has 0 atom stereocenters. The van der Waals surface area contributed by atoms with E-state index in [9.17, 15) is 13.2 Å². The van der Waals surface area contributed by atoms with Gasteiger partial charge in [0.1, 0.15) is 16.4 Å². The molecule has 10 heteroatoms. The van der Waals surface area contributed by atoms with E-state index >= 15 is 0 Å². The molecule has 2 heterocycles. The Morgan fingerprint density at radius 3 is 2.55 bits per heavy atom. The van der Waals surface area contributed by atoms with E-state index < -0.39 is 16.0 Å². The van der Waals surface area contributed by atoms with Crippen LogP contribution in [0, 0.1) is 0 Å². The molecule has 154 valence electrons. The van der Waals surface area contributed by atoms with Crippen molar-refractivity contribution in [2.24, 2.45) is 0 Å². The number of morpholine rings is 1. The second-order valence-corrected chi connectivity index (χ2v) is 8.19. The number of rotatable bonds is 5. The van der Waals surface area contributed by atoms with E-state index in [-0.39, 0.29) is 41.8 Å². The molecule has 9 nitrogen and oxygen atoms in total. The highest BCUT2D eigenvalue weighted by Crippen LogP contribution is 2.35. The molecule has 0 aliphatic carbocycles. The Labute approximate surface area is 167 Å². The average molecular weight is 421 g/mol. The van der Waals surface area contributed by atoms with Gasteiger partial charge in [-0.05, 0) is 30.3 Å². The SMILES string of the molecule is COc1ccc(C(=O)Oc2ccc3c(c2)OCO3)cc1S(=O)(=O)N1CCOCC1. The lowest BCUT2D eigenvalue weighted by atomic mass is 10.2. The Balaban J connectivity index is 1.61. The van der Waals surface area contributed by atoms with Crippen LogP contribution in [0.15, 0.2) is 41.3 Å². The number of carbonyl (C=O) groups is 1. The van der Waals surface area contributed by atoms with E-state index in [0.717, 1.165) is 0 Å². The smallest absolute Gasteiger partial charge is 0.343 e. The van der Waals surface area contributed by atoms with Crippen molar-refractivity contribution in [3.05, 3.63) is 42.0 Å². The maximum atomic E-state index is 13.0. The zero-order chi connectivity index (χ0) is 20.4. The third-order valence-corrected chi connectivity index (χ3v) is 6.46. The van der Waals surface area contributed by atoms with E-state index in [4.69, 9.17) is 23.7 Å². The molecular weight excluding hydrogens is 402 g/mol. The molecule has 0 amide bonds. The highest BCUT2D eigenvalue weighted by Gasteiger charge is 2.30. The van der Waals surface area contributed by atoms with Crippen LogP contribution in [0.5, 0.6) is 23.0 Å². The molecule has 2 aliphatic rings. The lowest BCUT2D eigenvalue weighted by Gasteiger charge is -2.26. The van der Waals surface area contributed by atoms with Gasteiger partial charge < -0.3 is 23.7 Å². The van der Waals surface area contributed by atoms with E-state index in [1.54, 1.807) is 12.1 Å². The van der Waals surface area contributed by atoms with Gasteiger partial charge >= 0.3 is 5.97 Å². The van der Waals surface area contributed by atoms with Gasteiger partial charge in [-0.1, -0.05) is 0 Å². The Morgan fingerprint density at radius 2 is 1.79 bits per heavy atom. The topological polar surface area (TPSA) is 101 Å². The molecule has 29 heavy (non-hydrogen) atoms. The molecule has 1 fully saturated rings. The lowest BCUT2D eigenvalue weighted by molar-refractivity contribution is 0.0726. The number of carbonyl (C=O) groups excluding carboxylic acids is 1. The molecule has 2 aromatic carbocycles. The molecule has 0 saturated carbocycles. The summed E-state index contributed by atoms with van der Waals surface area (Å²) in [5.74, 6) is 0.738. The summed E-state index contributed by atoms with van der Waals surface area (Å²) in [5, 5.41) is 0. The van der Waals surface area contributed by atoms with Crippen LogP contribution in [0.4, 0.5) is 0 Å². The summed E-state index contributed by atoms with van der Waals surface area (Å²) >= 11 is 0. The first-order valence-electron chi connectivity index (χ1n) is 8.87. The number of hydrogen-bond donors (Lipinski definition) is 0. The lowest BCUT2D eigenvalue weighted by Crippen LogP contribution is -2.40. The van der Waals surface area contributed by atoms with E-state index in [2.05, 4.69) is 0 Å². The minimum Gasteiger partial charge on any atom is -0.495 e. The summed E-state index contributed by atoms with van der Waals surface area (Å²) in [6, 6.07) is 8.89. The number of sulfonamides is 1. The highest BCUT2D eigenvalue weighted by molar-refractivity contribution is 7.89. The summed E-state index contributed by atoms with van der Waals surface area (Å²) in [6.07, 6.45) is 0. The average Bonchev–Trinajstić information content (AvgIpc) is 3.21. The van der Waals surface area contributed by atoms with Gasteiger partial charge in [0.15, 0.2) is 11.5 Å². The Kier molecular flexibility index (Phi) is 5.31. The molecule has 0 spiro atoms. The van der Waals surface area contributed by atoms with Crippen molar-refractivity contribution in [1.29, 1.82) is 0 Å². The maximum Gasteiger partial charge on any atom is 0.343 e. The van der Waals surface area contributed by atoms with Gasteiger partial charge in [0.05, 0.1) is 25.9 Å². The summed E-state index contributed by atoms with van der Waals surface area (Å²) in [6.45, 7) is 1.20. The molecular formula is C19H19NO8S. The monoisotopic (exact) mass is 421 g/mol. The Morgan fingerprint density at radius 1 is 1.03 bits per heavy atom. The number of ether oxygens (including phenoxy) is 5. The van der Waals surface area contributed by atoms with Gasteiger partial charge in [-0.15, -0.1) is 0 Å². The van der Waals surface area contributed by atoms with Crippen molar-refractivity contribution in [3.8, 4) is 23.0 Å². The highest BCUT2D eigenvalue weighted by atomic mass is 32.2. The standard InChI is InChI=1S/C19H19NO8S/c1-24-16-4-2-13(10-18(16)29(22,23)20-6-8-25-9-7-20)19(21)28-14-3-5-15-17(11-14)27-12-26-15/h2-5,10-11H,6-9,12H2,1H3. The quantitative estimate of drug-likeness (QED) is 0.531. The molecule has 2 aliphatic heterocycles. The van der Waals surface area contributed by atoms with E-state index in [0.29, 0.717) is 24.7 Å². The molecule has 4 rings (SSSR count). The molecule has 0 radical (unpaired) electrons. The molecule has 0 aromatic heterocycles. The van der Waals surface area contributed by atoms with Crippen LogP contribution in [-0.2, 0) is 14.8 Å². The number of esters is 1. The van der Waals surface area contributed by atoms with Crippen LogP contribution < -0.4 is 18.9 Å². The first kappa shape index (κ1) is 19.5. The number of methoxy groups -OCH3 is 1. The van der Waals surface area contributed by atoms with Gasteiger partial charge in [0, 0.05) is 19.2 Å². The van der Waals surface area contributed by atoms with Crippen LogP contribution >= 0.6 is 0 Å². The number of hydrogen-bond acceptors (Lipinski definition) is 8. The van der Waals surface area contributed by atoms with Crippen molar-refractivity contribution in [1.82, 2.24) is 4.31 Å². The van der Waals surface area contributed by atoms with Crippen molar-refractivity contribution >= 4 is 16.0 Å². The van der Waals surface area contributed by atoms with E-state index in [1.165, 1.54) is 35.7 Å².